The second kappa shape index (κ2) is 10.7. The van der Waals surface area contributed by atoms with Crippen molar-refractivity contribution in [3.05, 3.63) is 94.5 Å². The highest BCUT2D eigenvalue weighted by molar-refractivity contribution is 5.97. The summed E-state index contributed by atoms with van der Waals surface area (Å²) in [5.41, 5.74) is 6.70. The smallest absolute Gasteiger partial charge is 0.251 e. The highest BCUT2D eigenvalue weighted by Crippen LogP contribution is 2.26. The van der Waals surface area contributed by atoms with Crippen LogP contribution in [0.4, 0.5) is 0 Å². The molecule has 3 aromatic carbocycles. The molecule has 0 aromatic heterocycles. The van der Waals surface area contributed by atoms with Gasteiger partial charge in [-0.2, -0.15) is 0 Å². The van der Waals surface area contributed by atoms with E-state index < -0.39 is 0 Å². The third-order valence-electron chi connectivity index (χ3n) is 6.31. The highest BCUT2D eigenvalue weighted by Gasteiger charge is 2.24. The van der Waals surface area contributed by atoms with Crippen LogP contribution in [-0.4, -0.2) is 36.3 Å². The van der Waals surface area contributed by atoms with E-state index in [-0.39, 0.29) is 11.8 Å². The lowest BCUT2D eigenvalue weighted by atomic mass is 9.97. The monoisotopic (exact) mass is 455 g/mol. The van der Waals surface area contributed by atoms with Crippen molar-refractivity contribution in [3.63, 3.8) is 0 Å². The van der Waals surface area contributed by atoms with Crippen LogP contribution in [0.1, 0.15) is 57.2 Å². The van der Waals surface area contributed by atoms with Gasteiger partial charge < -0.3 is 15.5 Å². The molecule has 1 saturated carbocycles. The van der Waals surface area contributed by atoms with Crippen molar-refractivity contribution in [2.75, 3.05) is 13.6 Å². The van der Waals surface area contributed by atoms with Gasteiger partial charge in [-0.15, -0.1) is 0 Å². The molecule has 1 fully saturated rings. The zero-order chi connectivity index (χ0) is 24.1. The van der Waals surface area contributed by atoms with E-state index in [4.69, 9.17) is 0 Å². The van der Waals surface area contributed by atoms with E-state index in [1.807, 2.05) is 61.5 Å². The Morgan fingerprint density at radius 3 is 2.32 bits per heavy atom. The number of amides is 2. The normalized spacial score (nSPS) is 13.1. The molecule has 1 aliphatic carbocycles. The van der Waals surface area contributed by atoms with Crippen LogP contribution < -0.4 is 10.6 Å². The fourth-order valence-corrected chi connectivity index (χ4v) is 3.92. The van der Waals surface area contributed by atoms with Crippen molar-refractivity contribution in [2.24, 2.45) is 0 Å². The van der Waals surface area contributed by atoms with Crippen molar-refractivity contribution in [1.29, 1.82) is 0 Å². The molecule has 0 aliphatic heterocycles. The van der Waals surface area contributed by atoms with Crippen molar-refractivity contribution in [1.82, 2.24) is 15.5 Å². The predicted octanol–water partition coefficient (Wildman–Crippen LogP) is 4.94. The molecule has 0 saturated heterocycles. The molecule has 34 heavy (non-hydrogen) atoms. The zero-order valence-corrected chi connectivity index (χ0v) is 20.2. The Kier molecular flexibility index (Phi) is 7.43. The van der Waals surface area contributed by atoms with Crippen LogP contribution in [0.2, 0.25) is 0 Å². The summed E-state index contributed by atoms with van der Waals surface area (Å²) in [6.45, 7) is 6.54. The molecule has 5 nitrogen and oxygen atoms in total. The number of hydrogen-bond acceptors (Lipinski definition) is 3. The van der Waals surface area contributed by atoms with Gasteiger partial charge >= 0.3 is 0 Å². The van der Waals surface area contributed by atoms with Crippen LogP contribution in [0.3, 0.4) is 0 Å². The molecule has 5 heteroatoms. The van der Waals surface area contributed by atoms with Crippen LogP contribution in [0.15, 0.2) is 66.7 Å². The molecule has 2 amide bonds. The molecule has 176 valence electrons. The van der Waals surface area contributed by atoms with Gasteiger partial charge in [0.2, 0.25) is 0 Å². The Morgan fingerprint density at radius 2 is 1.62 bits per heavy atom. The molecule has 0 unspecified atom stereocenters. The van der Waals surface area contributed by atoms with E-state index in [0.29, 0.717) is 23.7 Å². The van der Waals surface area contributed by atoms with Crippen LogP contribution in [-0.2, 0) is 13.1 Å². The number of rotatable bonds is 9. The number of carbonyl (C=O) groups excluding carboxylic acids is 2. The maximum absolute atomic E-state index is 12.7. The summed E-state index contributed by atoms with van der Waals surface area (Å²) in [4.78, 5) is 27.4. The number of nitrogens with one attached hydrogen (secondary N) is 2. The molecule has 0 atom stereocenters. The second-order valence-electron chi connectivity index (χ2n) is 9.19. The summed E-state index contributed by atoms with van der Waals surface area (Å²) in [7, 11) is 2.10. The molecule has 0 heterocycles. The van der Waals surface area contributed by atoms with Crippen molar-refractivity contribution >= 4 is 11.8 Å². The van der Waals surface area contributed by atoms with Gasteiger partial charge in [-0.25, -0.2) is 0 Å². The van der Waals surface area contributed by atoms with Gasteiger partial charge in [-0.05, 0) is 85.4 Å². The fourth-order valence-electron chi connectivity index (χ4n) is 3.92. The summed E-state index contributed by atoms with van der Waals surface area (Å²) < 4.78 is 0. The average molecular weight is 456 g/mol. The van der Waals surface area contributed by atoms with Gasteiger partial charge in [0.15, 0.2) is 0 Å². The number of hydrogen-bond donors (Lipinski definition) is 2. The highest BCUT2D eigenvalue weighted by atomic mass is 16.2. The van der Waals surface area contributed by atoms with Gasteiger partial charge in [-0.1, -0.05) is 49.4 Å². The van der Waals surface area contributed by atoms with Gasteiger partial charge in [0.25, 0.3) is 11.8 Å². The summed E-state index contributed by atoms with van der Waals surface area (Å²) in [6.07, 6.45) is 2.13. The second-order valence-corrected chi connectivity index (χ2v) is 9.19. The van der Waals surface area contributed by atoms with Gasteiger partial charge in [-0.3, -0.25) is 9.59 Å². The molecule has 0 bridgehead atoms. The third kappa shape index (κ3) is 6.12. The molecular weight excluding hydrogens is 422 g/mol. The number of nitrogens with zero attached hydrogens (tertiary/aromatic N) is 1. The Labute approximate surface area is 202 Å². The summed E-state index contributed by atoms with van der Waals surface area (Å²) >= 11 is 0. The maximum Gasteiger partial charge on any atom is 0.251 e. The quantitative estimate of drug-likeness (QED) is 0.481. The van der Waals surface area contributed by atoms with Crippen molar-refractivity contribution in [2.45, 2.75) is 45.8 Å². The summed E-state index contributed by atoms with van der Waals surface area (Å²) in [5.74, 6) is -0.123. The van der Waals surface area contributed by atoms with E-state index in [2.05, 4.69) is 41.6 Å². The Morgan fingerprint density at radius 1 is 0.912 bits per heavy atom. The van der Waals surface area contributed by atoms with E-state index in [9.17, 15) is 9.59 Å². The van der Waals surface area contributed by atoms with E-state index in [1.165, 1.54) is 5.56 Å². The lowest BCUT2D eigenvalue weighted by Gasteiger charge is -2.14. The Hall–Kier alpha value is -3.44. The first kappa shape index (κ1) is 23.7. The summed E-state index contributed by atoms with van der Waals surface area (Å²) in [5, 5.41) is 6.06. The van der Waals surface area contributed by atoms with E-state index in [0.717, 1.165) is 48.2 Å². The minimum atomic E-state index is -0.100. The summed E-state index contributed by atoms with van der Waals surface area (Å²) in [6, 6.07) is 22.0. The van der Waals surface area contributed by atoms with Crippen LogP contribution in [0, 0.1) is 6.92 Å². The molecule has 4 rings (SSSR count). The van der Waals surface area contributed by atoms with Crippen LogP contribution >= 0.6 is 0 Å². The third-order valence-corrected chi connectivity index (χ3v) is 6.31. The minimum absolute atomic E-state index is 0.0230. The van der Waals surface area contributed by atoms with Gasteiger partial charge in [0.1, 0.15) is 0 Å². The first-order valence-corrected chi connectivity index (χ1v) is 12.0. The molecule has 2 N–H and O–H groups in total. The SMILES string of the molecule is CCN(C)Cc1cccc(CNC(=O)c2ccc(-c3cc(C(=O)NC4CC4)ccc3C)cc2)c1. The molecule has 0 spiro atoms. The van der Waals surface area contributed by atoms with Gasteiger partial charge in [0.05, 0.1) is 0 Å². The first-order valence-electron chi connectivity index (χ1n) is 12.0. The zero-order valence-electron chi connectivity index (χ0n) is 20.2. The van der Waals surface area contributed by atoms with E-state index in [1.54, 1.807) is 0 Å². The van der Waals surface area contributed by atoms with Crippen LogP contribution in [0.25, 0.3) is 11.1 Å². The number of aryl methyl sites for hydroxylation is 1. The van der Waals surface area contributed by atoms with Gasteiger partial charge in [0, 0.05) is 30.3 Å². The Balaban J connectivity index is 1.40. The molecule has 0 radical (unpaired) electrons. The average Bonchev–Trinajstić information content (AvgIpc) is 3.67. The number of carbonyl (C=O) groups is 2. The molecule has 3 aromatic rings. The standard InChI is InChI=1S/C29H33N3O2/c1-4-32(3)19-22-7-5-6-21(16-22)18-30-28(33)24-12-10-23(11-13-24)27-17-25(9-8-20(27)2)29(34)31-26-14-15-26/h5-13,16-17,26H,4,14-15,18-19H2,1-3H3,(H,30,33)(H,31,34). The maximum atomic E-state index is 12.7. The van der Waals surface area contributed by atoms with Crippen molar-refractivity contribution in [3.8, 4) is 11.1 Å². The predicted molar refractivity (Wildman–Crippen MR) is 137 cm³/mol. The van der Waals surface area contributed by atoms with E-state index >= 15 is 0 Å². The molecule has 1 aliphatic rings. The molecular formula is C29H33N3O2. The minimum Gasteiger partial charge on any atom is -0.349 e. The van der Waals surface area contributed by atoms with Crippen molar-refractivity contribution < 1.29 is 9.59 Å². The largest absolute Gasteiger partial charge is 0.349 e. The lowest BCUT2D eigenvalue weighted by Crippen LogP contribution is -2.25. The lowest BCUT2D eigenvalue weighted by molar-refractivity contribution is 0.0943. The fraction of sp³-hybridized carbons (Fsp3) is 0.310. The number of benzene rings is 3. The van der Waals surface area contributed by atoms with Crippen LogP contribution in [0.5, 0.6) is 0 Å². The topological polar surface area (TPSA) is 61.4 Å². The Bertz CT molecular complexity index is 1170. The first-order chi connectivity index (χ1) is 16.4.